The number of anilines is 1. The Morgan fingerprint density at radius 2 is 2.10 bits per heavy atom. The Kier molecular flexibility index (Phi) is 6.21. The number of nitrogens with zero attached hydrogens (tertiary/aromatic N) is 5. The third-order valence-corrected chi connectivity index (χ3v) is 5.91. The number of likely N-dealkylation sites (tertiary alicyclic amines) is 1. The predicted octanol–water partition coefficient (Wildman–Crippen LogP) is 3.23. The highest BCUT2D eigenvalue weighted by atomic mass is 32.2. The van der Waals surface area contributed by atoms with Crippen molar-refractivity contribution < 1.29 is 4.79 Å². The lowest BCUT2D eigenvalue weighted by atomic mass is 9.96. The monoisotopic (exact) mass is 408 g/mol. The number of carbonyl (C=O) groups is 1. The molecule has 7 nitrogen and oxygen atoms in total. The van der Waals surface area contributed by atoms with Crippen molar-refractivity contribution >= 4 is 23.4 Å². The number of hydrogen-bond donors (Lipinski definition) is 1. The fourth-order valence-electron chi connectivity index (χ4n) is 3.65. The van der Waals surface area contributed by atoms with Crippen molar-refractivity contribution in [2.24, 2.45) is 5.92 Å². The van der Waals surface area contributed by atoms with Gasteiger partial charge in [0.25, 0.3) is 0 Å². The van der Waals surface area contributed by atoms with Gasteiger partial charge in [-0.15, -0.1) is 16.9 Å². The van der Waals surface area contributed by atoms with Crippen molar-refractivity contribution in [2.45, 2.75) is 24.3 Å². The molecule has 0 saturated carbocycles. The lowest BCUT2D eigenvalue weighted by molar-refractivity contribution is -0.121. The van der Waals surface area contributed by atoms with Crippen LogP contribution in [0.2, 0.25) is 0 Å². The molecule has 1 saturated heterocycles. The van der Waals surface area contributed by atoms with Crippen LogP contribution in [0.5, 0.6) is 0 Å². The van der Waals surface area contributed by atoms with Crippen molar-refractivity contribution in [2.75, 3.05) is 24.7 Å². The third-order valence-electron chi connectivity index (χ3n) is 5.17. The summed E-state index contributed by atoms with van der Waals surface area (Å²) < 4.78 is 1.57. The van der Waals surface area contributed by atoms with Crippen LogP contribution in [-0.4, -0.2) is 50.4 Å². The molecule has 29 heavy (non-hydrogen) atoms. The number of tetrazole rings is 1. The van der Waals surface area contributed by atoms with Crippen LogP contribution < -0.4 is 5.32 Å². The molecular weight excluding hydrogens is 384 g/mol. The van der Waals surface area contributed by atoms with Gasteiger partial charge < -0.3 is 5.32 Å². The summed E-state index contributed by atoms with van der Waals surface area (Å²) in [4.78, 5) is 16.5. The molecule has 1 aliphatic heterocycles. The van der Waals surface area contributed by atoms with E-state index < -0.39 is 0 Å². The first-order chi connectivity index (χ1) is 14.2. The molecule has 8 heteroatoms. The standard InChI is InChI=1S/C21H24N6OS/c1-29-20-9-7-16(8-10-20)13-26-11-3-4-17(14-26)21(28)23-18-5-2-6-19(12-18)27-15-22-24-25-27/h2,5-10,12,15,17H,3-4,11,13-14H2,1H3,(H,23,28). The molecule has 1 aliphatic rings. The molecule has 1 fully saturated rings. The minimum atomic E-state index is -0.00841. The highest BCUT2D eigenvalue weighted by molar-refractivity contribution is 7.98. The normalized spacial score (nSPS) is 17.2. The van der Waals surface area contributed by atoms with Gasteiger partial charge in [-0.3, -0.25) is 9.69 Å². The topological polar surface area (TPSA) is 75.9 Å². The number of carbonyl (C=O) groups excluding carboxylic acids is 1. The molecular formula is C21H24N6OS. The van der Waals surface area contributed by atoms with E-state index in [2.05, 4.69) is 56.3 Å². The zero-order valence-corrected chi connectivity index (χ0v) is 17.2. The fraction of sp³-hybridized carbons (Fsp3) is 0.333. The molecule has 2 aromatic carbocycles. The SMILES string of the molecule is CSc1ccc(CN2CCCC(C(=O)Nc3cccc(-n4cnnn4)c3)C2)cc1. The van der Waals surface area contributed by atoms with Crippen molar-refractivity contribution in [3.8, 4) is 5.69 Å². The van der Waals surface area contributed by atoms with E-state index in [1.807, 2.05) is 24.3 Å². The summed E-state index contributed by atoms with van der Waals surface area (Å²) in [7, 11) is 0. The van der Waals surface area contributed by atoms with Gasteiger partial charge in [-0.1, -0.05) is 18.2 Å². The summed E-state index contributed by atoms with van der Waals surface area (Å²) in [6.07, 6.45) is 5.57. The van der Waals surface area contributed by atoms with Crippen LogP contribution >= 0.6 is 11.8 Å². The molecule has 1 N–H and O–H groups in total. The highest BCUT2D eigenvalue weighted by Gasteiger charge is 2.26. The molecule has 2 heterocycles. The lowest BCUT2D eigenvalue weighted by Gasteiger charge is -2.32. The number of piperidine rings is 1. The molecule has 1 atom stereocenters. The Hall–Kier alpha value is -2.71. The number of amides is 1. The first-order valence-electron chi connectivity index (χ1n) is 9.71. The van der Waals surface area contributed by atoms with Crippen molar-refractivity contribution in [3.63, 3.8) is 0 Å². The summed E-state index contributed by atoms with van der Waals surface area (Å²) in [6, 6.07) is 16.2. The molecule has 0 aliphatic carbocycles. The molecule has 4 rings (SSSR count). The predicted molar refractivity (Wildman–Crippen MR) is 114 cm³/mol. The van der Waals surface area contributed by atoms with E-state index in [0.29, 0.717) is 0 Å². The minimum Gasteiger partial charge on any atom is -0.326 e. The van der Waals surface area contributed by atoms with E-state index in [1.165, 1.54) is 16.8 Å². The van der Waals surface area contributed by atoms with Crippen LogP contribution in [0.4, 0.5) is 5.69 Å². The molecule has 0 bridgehead atoms. The van der Waals surface area contributed by atoms with Gasteiger partial charge in [-0.2, -0.15) is 0 Å². The van der Waals surface area contributed by atoms with E-state index in [9.17, 15) is 4.79 Å². The maximum Gasteiger partial charge on any atom is 0.228 e. The largest absolute Gasteiger partial charge is 0.326 e. The first kappa shape index (κ1) is 19.6. The van der Waals surface area contributed by atoms with Crippen LogP contribution in [0, 0.1) is 5.92 Å². The van der Waals surface area contributed by atoms with Crippen LogP contribution in [0.3, 0.4) is 0 Å². The molecule has 1 aromatic heterocycles. The number of thioether (sulfide) groups is 1. The van der Waals surface area contributed by atoms with E-state index in [0.717, 1.165) is 43.9 Å². The Morgan fingerprint density at radius 3 is 2.86 bits per heavy atom. The molecule has 0 spiro atoms. The number of nitrogens with one attached hydrogen (secondary N) is 1. The van der Waals surface area contributed by atoms with E-state index in [1.54, 1.807) is 16.4 Å². The molecule has 150 valence electrons. The number of hydrogen-bond acceptors (Lipinski definition) is 6. The lowest BCUT2D eigenvalue weighted by Crippen LogP contribution is -2.40. The molecule has 1 unspecified atom stereocenters. The summed E-state index contributed by atoms with van der Waals surface area (Å²) in [5.74, 6) is 0.0622. The fourth-order valence-corrected chi connectivity index (χ4v) is 4.06. The zero-order valence-electron chi connectivity index (χ0n) is 16.4. The Morgan fingerprint density at radius 1 is 1.24 bits per heavy atom. The van der Waals surface area contributed by atoms with Gasteiger partial charge in [0.2, 0.25) is 5.91 Å². The summed E-state index contributed by atoms with van der Waals surface area (Å²) in [5, 5.41) is 14.3. The van der Waals surface area contributed by atoms with Gasteiger partial charge in [0.05, 0.1) is 11.6 Å². The maximum absolute atomic E-state index is 12.9. The smallest absolute Gasteiger partial charge is 0.228 e. The number of aromatic nitrogens is 4. The van der Waals surface area contributed by atoms with Crippen LogP contribution in [0.25, 0.3) is 5.69 Å². The van der Waals surface area contributed by atoms with E-state index in [4.69, 9.17) is 0 Å². The van der Waals surface area contributed by atoms with Crippen molar-refractivity contribution in [1.82, 2.24) is 25.1 Å². The second-order valence-corrected chi connectivity index (χ2v) is 8.10. The first-order valence-corrected chi connectivity index (χ1v) is 10.9. The minimum absolute atomic E-state index is 0.00841. The Balaban J connectivity index is 1.36. The summed E-state index contributed by atoms with van der Waals surface area (Å²) >= 11 is 1.75. The number of rotatable bonds is 6. The van der Waals surface area contributed by atoms with Gasteiger partial charge in [0, 0.05) is 23.7 Å². The molecule has 3 aromatic rings. The zero-order chi connectivity index (χ0) is 20.1. The average Bonchev–Trinajstić information content (AvgIpc) is 3.30. The third kappa shape index (κ3) is 5.02. The second-order valence-electron chi connectivity index (χ2n) is 7.22. The maximum atomic E-state index is 12.9. The molecule has 0 radical (unpaired) electrons. The second kappa shape index (κ2) is 9.19. The van der Waals surface area contributed by atoms with Crippen molar-refractivity contribution in [1.29, 1.82) is 0 Å². The highest BCUT2D eigenvalue weighted by Crippen LogP contribution is 2.22. The molecule has 1 amide bonds. The van der Waals surface area contributed by atoms with Crippen molar-refractivity contribution in [3.05, 3.63) is 60.4 Å². The van der Waals surface area contributed by atoms with E-state index in [-0.39, 0.29) is 11.8 Å². The van der Waals surface area contributed by atoms with Crippen LogP contribution in [0.15, 0.2) is 59.8 Å². The van der Waals surface area contributed by atoms with Gasteiger partial charge in [-0.05, 0) is 72.0 Å². The van der Waals surface area contributed by atoms with Gasteiger partial charge >= 0.3 is 0 Å². The van der Waals surface area contributed by atoms with E-state index >= 15 is 0 Å². The van der Waals surface area contributed by atoms with Crippen LogP contribution in [0.1, 0.15) is 18.4 Å². The summed E-state index contributed by atoms with van der Waals surface area (Å²) in [5.41, 5.74) is 2.86. The Labute approximate surface area is 174 Å². The average molecular weight is 409 g/mol. The van der Waals surface area contributed by atoms with Gasteiger partial charge in [0.15, 0.2) is 0 Å². The Bertz CT molecular complexity index is 944. The van der Waals surface area contributed by atoms with Gasteiger partial charge in [-0.25, -0.2) is 4.68 Å². The quantitative estimate of drug-likeness (QED) is 0.631. The van der Waals surface area contributed by atoms with Crippen LogP contribution in [-0.2, 0) is 11.3 Å². The number of benzene rings is 2. The van der Waals surface area contributed by atoms with Gasteiger partial charge in [0.1, 0.15) is 6.33 Å². The summed E-state index contributed by atoms with van der Waals surface area (Å²) in [6.45, 7) is 2.69.